The molecule has 0 fully saturated rings. The van der Waals surface area contributed by atoms with Gasteiger partial charge in [-0.05, 0) is 11.6 Å². The molecule has 0 amide bonds. The van der Waals surface area contributed by atoms with E-state index in [-0.39, 0.29) is 0 Å². The molecule has 0 saturated heterocycles. The van der Waals surface area contributed by atoms with Crippen LogP contribution in [0.25, 0.3) is 0 Å². The fourth-order valence-electron chi connectivity index (χ4n) is 1.39. The summed E-state index contributed by atoms with van der Waals surface area (Å²) in [6.07, 6.45) is 0. The quantitative estimate of drug-likeness (QED) is 0.581. The van der Waals surface area contributed by atoms with E-state index in [0.717, 1.165) is 5.56 Å². The smallest absolute Gasteiger partial charge is 0.179 e. The lowest BCUT2D eigenvalue weighted by Crippen LogP contribution is -2.17. The SMILES string of the molecule is COCCONCc1ccc(OC)c(OC)c1Cl. The molecule has 0 saturated carbocycles. The Labute approximate surface area is 112 Å². The van der Waals surface area contributed by atoms with Crippen molar-refractivity contribution in [2.24, 2.45) is 0 Å². The minimum Gasteiger partial charge on any atom is -0.493 e. The molecule has 0 aromatic heterocycles. The molecule has 0 unspecified atom stereocenters. The van der Waals surface area contributed by atoms with Gasteiger partial charge in [0.25, 0.3) is 0 Å². The van der Waals surface area contributed by atoms with Gasteiger partial charge >= 0.3 is 0 Å². The number of hydroxylamine groups is 1. The van der Waals surface area contributed by atoms with Crippen LogP contribution in [0, 0.1) is 0 Å². The average molecular weight is 276 g/mol. The second kappa shape index (κ2) is 8.16. The van der Waals surface area contributed by atoms with E-state index >= 15 is 0 Å². The van der Waals surface area contributed by atoms with Gasteiger partial charge in [-0.3, -0.25) is 4.84 Å². The Bertz CT molecular complexity index is 373. The van der Waals surface area contributed by atoms with E-state index in [4.69, 9.17) is 30.6 Å². The Morgan fingerprint density at radius 2 is 1.89 bits per heavy atom. The molecule has 0 bridgehead atoms. The van der Waals surface area contributed by atoms with Gasteiger partial charge in [-0.2, -0.15) is 5.48 Å². The van der Waals surface area contributed by atoms with Crippen molar-refractivity contribution >= 4 is 11.6 Å². The predicted molar refractivity (Wildman–Crippen MR) is 69.2 cm³/mol. The molecule has 102 valence electrons. The van der Waals surface area contributed by atoms with Gasteiger partial charge in [-0.1, -0.05) is 17.7 Å². The maximum atomic E-state index is 6.21. The maximum Gasteiger partial charge on any atom is 0.179 e. The van der Waals surface area contributed by atoms with Crippen molar-refractivity contribution in [3.63, 3.8) is 0 Å². The molecule has 5 nitrogen and oxygen atoms in total. The van der Waals surface area contributed by atoms with E-state index in [2.05, 4.69) is 5.48 Å². The zero-order chi connectivity index (χ0) is 13.4. The van der Waals surface area contributed by atoms with Crippen molar-refractivity contribution in [1.29, 1.82) is 0 Å². The van der Waals surface area contributed by atoms with Gasteiger partial charge in [0.2, 0.25) is 0 Å². The summed E-state index contributed by atoms with van der Waals surface area (Å²) >= 11 is 6.21. The number of rotatable bonds is 8. The van der Waals surface area contributed by atoms with Crippen molar-refractivity contribution in [3.8, 4) is 11.5 Å². The van der Waals surface area contributed by atoms with Crippen molar-refractivity contribution in [1.82, 2.24) is 5.48 Å². The lowest BCUT2D eigenvalue weighted by Gasteiger charge is -2.13. The molecule has 0 aliphatic heterocycles. The molecule has 0 heterocycles. The van der Waals surface area contributed by atoms with Crippen LogP contribution >= 0.6 is 11.6 Å². The predicted octanol–water partition coefficient (Wildman–Crippen LogP) is 2.02. The molecule has 1 aromatic rings. The molecule has 0 aliphatic carbocycles. The number of ether oxygens (including phenoxy) is 3. The summed E-state index contributed by atoms with van der Waals surface area (Å²) in [5, 5.41) is 0.514. The Hall–Kier alpha value is -1.01. The van der Waals surface area contributed by atoms with E-state index < -0.39 is 0 Å². The van der Waals surface area contributed by atoms with Crippen molar-refractivity contribution in [3.05, 3.63) is 22.7 Å². The van der Waals surface area contributed by atoms with Gasteiger partial charge < -0.3 is 14.2 Å². The summed E-state index contributed by atoms with van der Waals surface area (Å²) < 4.78 is 15.2. The number of halogens is 1. The summed E-state index contributed by atoms with van der Waals surface area (Å²) in [6, 6.07) is 3.66. The largest absolute Gasteiger partial charge is 0.493 e. The van der Waals surface area contributed by atoms with Gasteiger partial charge in [0.05, 0.1) is 32.5 Å². The molecule has 1 N–H and O–H groups in total. The summed E-state index contributed by atoms with van der Waals surface area (Å²) in [5.74, 6) is 1.13. The normalized spacial score (nSPS) is 10.4. The Kier molecular flexibility index (Phi) is 6.82. The van der Waals surface area contributed by atoms with Crippen LogP contribution in [0.3, 0.4) is 0 Å². The van der Waals surface area contributed by atoms with E-state index in [1.54, 1.807) is 27.4 Å². The number of hydrogen-bond acceptors (Lipinski definition) is 5. The van der Waals surface area contributed by atoms with Crippen LogP contribution in [0.2, 0.25) is 5.02 Å². The number of benzene rings is 1. The summed E-state index contributed by atoms with van der Waals surface area (Å²) in [6.45, 7) is 1.48. The van der Waals surface area contributed by atoms with Crippen LogP contribution in [0.5, 0.6) is 11.5 Å². The summed E-state index contributed by atoms with van der Waals surface area (Å²) in [7, 11) is 4.74. The second-order valence-corrected chi connectivity index (χ2v) is 3.81. The van der Waals surface area contributed by atoms with Crippen LogP contribution in [-0.2, 0) is 16.1 Å². The van der Waals surface area contributed by atoms with Gasteiger partial charge in [-0.25, -0.2) is 0 Å². The molecule has 0 radical (unpaired) electrons. The lowest BCUT2D eigenvalue weighted by molar-refractivity contribution is 0.00345. The van der Waals surface area contributed by atoms with Gasteiger partial charge in [0.15, 0.2) is 11.5 Å². The molecule has 18 heavy (non-hydrogen) atoms. The molecule has 0 atom stereocenters. The highest BCUT2D eigenvalue weighted by Gasteiger charge is 2.12. The van der Waals surface area contributed by atoms with E-state index in [1.165, 1.54) is 0 Å². The first-order chi connectivity index (χ1) is 8.74. The van der Waals surface area contributed by atoms with Gasteiger partial charge in [0, 0.05) is 13.7 Å². The van der Waals surface area contributed by atoms with E-state index in [9.17, 15) is 0 Å². The first-order valence-electron chi connectivity index (χ1n) is 5.47. The standard InChI is InChI=1S/C12H18ClNO4/c1-15-6-7-18-14-8-9-4-5-10(16-2)12(17-3)11(9)13/h4-5,14H,6-8H2,1-3H3. The Morgan fingerprint density at radius 3 is 2.50 bits per heavy atom. The maximum absolute atomic E-state index is 6.21. The van der Waals surface area contributed by atoms with Crippen LogP contribution in [0.1, 0.15) is 5.56 Å². The molecule has 1 aromatic carbocycles. The third kappa shape index (κ3) is 4.03. The van der Waals surface area contributed by atoms with Crippen LogP contribution in [-0.4, -0.2) is 34.5 Å². The van der Waals surface area contributed by atoms with Crippen molar-refractivity contribution < 1.29 is 19.0 Å². The van der Waals surface area contributed by atoms with Crippen molar-refractivity contribution in [2.45, 2.75) is 6.54 Å². The molecular weight excluding hydrogens is 258 g/mol. The first-order valence-corrected chi connectivity index (χ1v) is 5.85. The van der Waals surface area contributed by atoms with Crippen LogP contribution < -0.4 is 15.0 Å². The van der Waals surface area contributed by atoms with Crippen LogP contribution in [0.4, 0.5) is 0 Å². The highest BCUT2D eigenvalue weighted by atomic mass is 35.5. The summed E-state index contributed by atoms with van der Waals surface area (Å²) in [4.78, 5) is 5.16. The summed E-state index contributed by atoms with van der Waals surface area (Å²) in [5.41, 5.74) is 3.67. The molecule has 0 spiro atoms. The Morgan fingerprint density at radius 1 is 1.11 bits per heavy atom. The van der Waals surface area contributed by atoms with E-state index in [0.29, 0.717) is 36.3 Å². The average Bonchev–Trinajstić information content (AvgIpc) is 2.39. The zero-order valence-corrected chi connectivity index (χ0v) is 11.5. The van der Waals surface area contributed by atoms with Gasteiger partial charge in [-0.15, -0.1) is 0 Å². The van der Waals surface area contributed by atoms with Crippen molar-refractivity contribution in [2.75, 3.05) is 34.5 Å². The molecule has 0 aliphatic rings. The monoisotopic (exact) mass is 275 g/mol. The fourth-order valence-corrected chi connectivity index (χ4v) is 1.69. The topological polar surface area (TPSA) is 49.0 Å². The number of hydrogen-bond donors (Lipinski definition) is 1. The fraction of sp³-hybridized carbons (Fsp3) is 0.500. The van der Waals surface area contributed by atoms with Crippen LogP contribution in [0.15, 0.2) is 12.1 Å². The Balaban J connectivity index is 2.61. The third-order valence-electron chi connectivity index (χ3n) is 2.32. The lowest BCUT2D eigenvalue weighted by atomic mass is 10.2. The number of methoxy groups -OCH3 is 3. The first kappa shape index (κ1) is 15.0. The molecule has 6 heteroatoms. The zero-order valence-electron chi connectivity index (χ0n) is 10.8. The number of nitrogens with one attached hydrogen (secondary N) is 1. The highest BCUT2D eigenvalue weighted by molar-refractivity contribution is 6.33. The molecule has 1 rings (SSSR count). The highest BCUT2D eigenvalue weighted by Crippen LogP contribution is 2.37. The molecular formula is C12H18ClNO4. The third-order valence-corrected chi connectivity index (χ3v) is 2.73. The minimum atomic E-state index is 0.474. The van der Waals surface area contributed by atoms with E-state index in [1.807, 2.05) is 6.07 Å². The minimum absolute atomic E-state index is 0.474. The van der Waals surface area contributed by atoms with Gasteiger partial charge in [0.1, 0.15) is 0 Å². The second-order valence-electron chi connectivity index (χ2n) is 3.44.